The number of rotatable bonds is 3. The van der Waals surface area contributed by atoms with Gasteiger partial charge in [0.25, 0.3) is 0 Å². The second-order valence-electron chi connectivity index (χ2n) is 5.18. The molecule has 2 fully saturated rings. The summed E-state index contributed by atoms with van der Waals surface area (Å²) in [6.45, 7) is 3.15. The monoisotopic (exact) mass is 213 g/mol. The van der Waals surface area contributed by atoms with E-state index in [9.17, 15) is 0 Å². The highest BCUT2D eigenvalue weighted by molar-refractivity contribution is 4.93. The highest BCUT2D eigenvalue weighted by Crippen LogP contribution is 2.39. The molecule has 15 heavy (non-hydrogen) atoms. The van der Waals surface area contributed by atoms with Crippen LogP contribution in [-0.2, 0) is 4.74 Å². The molecule has 1 spiro atoms. The van der Waals surface area contributed by atoms with Crippen LogP contribution in [0.1, 0.15) is 45.4 Å². The Balaban J connectivity index is 1.86. The molecule has 0 radical (unpaired) electrons. The van der Waals surface area contributed by atoms with Gasteiger partial charge < -0.3 is 15.2 Å². The van der Waals surface area contributed by atoms with Crippen molar-refractivity contribution in [2.75, 3.05) is 13.2 Å². The van der Waals surface area contributed by atoms with Gasteiger partial charge in [-0.1, -0.05) is 12.8 Å². The van der Waals surface area contributed by atoms with Crippen molar-refractivity contribution in [2.45, 2.75) is 63.1 Å². The van der Waals surface area contributed by atoms with Gasteiger partial charge in [-0.3, -0.25) is 0 Å². The number of hydrogen-bond donors (Lipinski definition) is 2. The van der Waals surface area contributed by atoms with Gasteiger partial charge >= 0.3 is 0 Å². The molecule has 0 bridgehead atoms. The average molecular weight is 213 g/mol. The van der Waals surface area contributed by atoms with Gasteiger partial charge in [-0.05, 0) is 32.6 Å². The third kappa shape index (κ3) is 2.71. The van der Waals surface area contributed by atoms with Crippen molar-refractivity contribution in [3.8, 4) is 0 Å². The zero-order chi connectivity index (χ0) is 10.7. The largest absolute Gasteiger partial charge is 0.395 e. The van der Waals surface area contributed by atoms with Gasteiger partial charge in [0.1, 0.15) is 0 Å². The van der Waals surface area contributed by atoms with Gasteiger partial charge in [-0.15, -0.1) is 0 Å². The summed E-state index contributed by atoms with van der Waals surface area (Å²) in [5, 5.41) is 12.5. The van der Waals surface area contributed by atoms with Crippen LogP contribution in [0, 0.1) is 0 Å². The number of aliphatic hydroxyl groups excluding tert-OH is 1. The van der Waals surface area contributed by atoms with E-state index in [4.69, 9.17) is 9.84 Å². The molecule has 1 heterocycles. The fourth-order valence-corrected chi connectivity index (χ4v) is 2.99. The summed E-state index contributed by atoms with van der Waals surface area (Å²) >= 11 is 0. The summed E-state index contributed by atoms with van der Waals surface area (Å²) < 4.78 is 5.97. The molecule has 0 aromatic carbocycles. The Morgan fingerprint density at radius 1 is 1.47 bits per heavy atom. The molecule has 1 saturated heterocycles. The molecule has 0 amide bonds. The van der Waals surface area contributed by atoms with Crippen LogP contribution in [-0.4, -0.2) is 36.0 Å². The van der Waals surface area contributed by atoms with Gasteiger partial charge in [-0.2, -0.15) is 0 Å². The minimum atomic E-state index is 0.186. The molecule has 2 rings (SSSR count). The topological polar surface area (TPSA) is 41.5 Å². The summed E-state index contributed by atoms with van der Waals surface area (Å²) in [7, 11) is 0. The van der Waals surface area contributed by atoms with Crippen molar-refractivity contribution in [1.29, 1.82) is 0 Å². The lowest BCUT2D eigenvalue weighted by molar-refractivity contribution is -0.0850. The molecule has 1 aliphatic heterocycles. The predicted molar refractivity (Wildman–Crippen MR) is 59.9 cm³/mol. The van der Waals surface area contributed by atoms with Crippen LogP contribution in [0.3, 0.4) is 0 Å². The Kier molecular flexibility index (Phi) is 3.65. The quantitative estimate of drug-likeness (QED) is 0.745. The van der Waals surface area contributed by atoms with Gasteiger partial charge in [0, 0.05) is 18.7 Å². The minimum Gasteiger partial charge on any atom is -0.395 e. The second-order valence-corrected chi connectivity index (χ2v) is 5.18. The first-order valence-electron chi connectivity index (χ1n) is 6.25. The van der Waals surface area contributed by atoms with Gasteiger partial charge in [0.15, 0.2) is 0 Å². The van der Waals surface area contributed by atoms with E-state index in [1.54, 1.807) is 0 Å². The van der Waals surface area contributed by atoms with E-state index >= 15 is 0 Å². The number of hydrogen-bond acceptors (Lipinski definition) is 3. The van der Waals surface area contributed by atoms with Crippen LogP contribution in [0.25, 0.3) is 0 Å². The Hall–Kier alpha value is -0.120. The molecule has 3 nitrogen and oxygen atoms in total. The zero-order valence-electron chi connectivity index (χ0n) is 9.67. The van der Waals surface area contributed by atoms with Crippen molar-refractivity contribution in [2.24, 2.45) is 0 Å². The van der Waals surface area contributed by atoms with Crippen LogP contribution >= 0.6 is 0 Å². The van der Waals surface area contributed by atoms with Crippen molar-refractivity contribution in [3.63, 3.8) is 0 Å². The zero-order valence-corrected chi connectivity index (χ0v) is 9.67. The number of nitrogens with one attached hydrogen (secondary N) is 1. The molecular formula is C12H23NO2. The molecular weight excluding hydrogens is 190 g/mol. The fraction of sp³-hybridized carbons (Fsp3) is 1.00. The third-order valence-electron chi connectivity index (χ3n) is 3.80. The highest BCUT2D eigenvalue weighted by Gasteiger charge is 2.39. The molecule has 2 N–H and O–H groups in total. The molecule has 2 aliphatic rings. The van der Waals surface area contributed by atoms with Crippen molar-refractivity contribution < 1.29 is 9.84 Å². The van der Waals surface area contributed by atoms with Crippen LogP contribution < -0.4 is 5.32 Å². The Morgan fingerprint density at radius 2 is 2.20 bits per heavy atom. The van der Waals surface area contributed by atoms with E-state index in [-0.39, 0.29) is 18.2 Å². The first-order valence-corrected chi connectivity index (χ1v) is 6.25. The van der Waals surface area contributed by atoms with Crippen LogP contribution in [0.15, 0.2) is 0 Å². The molecule has 0 aromatic rings. The lowest BCUT2D eigenvalue weighted by Gasteiger charge is -2.39. The Labute approximate surface area is 92.2 Å². The lowest BCUT2D eigenvalue weighted by Crippen LogP contribution is -2.48. The second kappa shape index (κ2) is 4.81. The fourth-order valence-electron chi connectivity index (χ4n) is 2.99. The summed E-state index contributed by atoms with van der Waals surface area (Å²) in [5.74, 6) is 0. The standard InChI is InChI=1S/C12H23NO2/c1-10(9-14)13-11-4-7-15-12(8-11)5-2-3-6-12/h10-11,13-14H,2-9H2,1H3. The summed E-state index contributed by atoms with van der Waals surface area (Å²) in [6.07, 6.45) is 7.34. The van der Waals surface area contributed by atoms with Crippen molar-refractivity contribution in [1.82, 2.24) is 5.32 Å². The lowest BCUT2D eigenvalue weighted by atomic mass is 9.88. The Morgan fingerprint density at radius 3 is 2.87 bits per heavy atom. The summed E-state index contributed by atoms with van der Waals surface area (Å²) in [5.41, 5.74) is 0.186. The summed E-state index contributed by atoms with van der Waals surface area (Å²) in [6, 6.07) is 0.755. The molecule has 2 atom stereocenters. The molecule has 0 aromatic heterocycles. The molecule has 2 unspecified atom stereocenters. The SMILES string of the molecule is CC(CO)NC1CCOC2(CCCC2)C1. The average Bonchev–Trinajstić information content (AvgIpc) is 2.66. The smallest absolute Gasteiger partial charge is 0.0697 e. The summed E-state index contributed by atoms with van der Waals surface area (Å²) in [4.78, 5) is 0. The van der Waals surface area contributed by atoms with E-state index in [1.165, 1.54) is 25.7 Å². The van der Waals surface area contributed by atoms with E-state index in [1.807, 2.05) is 6.92 Å². The van der Waals surface area contributed by atoms with E-state index in [0.29, 0.717) is 6.04 Å². The minimum absolute atomic E-state index is 0.186. The van der Waals surface area contributed by atoms with E-state index in [0.717, 1.165) is 19.4 Å². The molecule has 1 aliphatic carbocycles. The third-order valence-corrected chi connectivity index (χ3v) is 3.80. The number of aliphatic hydroxyl groups is 1. The molecule has 3 heteroatoms. The number of ether oxygens (including phenoxy) is 1. The highest BCUT2D eigenvalue weighted by atomic mass is 16.5. The predicted octanol–water partition coefficient (Wildman–Crippen LogP) is 1.45. The van der Waals surface area contributed by atoms with Crippen molar-refractivity contribution in [3.05, 3.63) is 0 Å². The molecule has 88 valence electrons. The van der Waals surface area contributed by atoms with Crippen LogP contribution in [0.5, 0.6) is 0 Å². The normalized spacial score (nSPS) is 32.0. The Bertz CT molecular complexity index is 202. The van der Waals surface area contributed by atoms with Gasteiger partial charge in [0.2, 0.25) is 0 Å². The van der Waals surface area contributed by atoms with Crippen LogP contribution in [0.4, 0.5) is 0 Å². The first kappa shape index (κ1) is 11.4. The maximum Gasteiger partial charge on any atom is 0.0697 e. The van der Waals surface area contributed by atoms with E-state index < -0.39 is 0 Å². The van der Waals surface area contributed by atoms with E-state index in [2.05, 4.69) is 5.32 Å². The van der Waals surface area contributed by atoms with Crippen molar-refractivity contribution >= 4 is 0 Å². The van der Waals surface area contributed by atoms with Crippen LogP contribution in [0.2, 0.25) is 0 Å². The molecule has 1 saturated carbocycles. The maximum absolute atomic E-state index is 9.03. The first-order chi connectivity index (χ1) is 7.24. The van der Waals surface area contributed by atoms with Gasteiger partial charge in [-0.25, -0.2) is 0 Å². The maximum atomic E-state index is 9.03. The van der Waals surface area contributed by atoms with Gasteiger partial charge in [0.05, 0.1) is 12.2 Å².